The van der Waals surface area contributed by atoms with Crippen molar-refractivity contribution in [2.75, 3.05) is 18.6 Å². The summed E-state index contributed by atoms with van der Waals surface area (Å²) in [7, 11) is 0. The topological polar surface area (TPSA) is 78.0 Å². The van der Waals surface area contributed by atoms with Gasteiger partial charge in [-0.3, -0.25) is 9.89 Å². The summed E-state index contributed by atoms with van der Waals surface area (Å²) in [4.78, 5) is 12.2. The molecule has 0 aliphatic carbocycles. The number of nitrogens with one attached hydrogen (secondary N) is 2. The van der Waals surface area contributed by atoms with E-state index in [1.165, 1.54) is 0 Å². The molecule has 2 rings (SSSR count). The molecule has 1 aromatic heterocycles. The number of fused-ring (bicyclic) bond motifs is 1. The van der Waals surface area contributed by atoms with Crippen molar-refractivity contribution in [2.45, 2.75) is 12.5 Å². The van der Waals surface area contributed by atoms with Gasteiger partial charge in [-0.05, 0) is 18.7 Å². The van der Waals surface area contributed by atoms with E-state index in [4.69, 9.17) is 5.11 Å². The van der Waals surface area contributed by atoms with Gasteiger partial charge < -0.3 is 10.4 Å². The molecular weight excluding hydrogens is 262 g/mol. The van der Waals surface area contributed by atoms with E-state index in [9.17, 15) is 4.79 Å². The zero-order valence-electron chi connectivity index (χ0n) is 10.7. The number of nitrogens with zero attached hydrogens (tertiary/aromatic N) is 1. The van der Waals surface area contributed by atoms with Crippen LogP contribution in [0.3, 0.4) is 0 Å². The largest absolute Gasteiger partial charge is 0.396 e. The third-order valence-electron chi connectivity index (χ3n) is 2.87. The number of para-hydroxylation sites is 1. The maximum Gasteiger partial charge on any atom is 0.272 e. The van der Waals surface area contributed by atoms with Gasteiger partial charge in [0.1, 0.15) is 0 Å². The number of rotatable bonds is 6. The Hall–Kier alpha value is -1.53. The van der Waals surface area contributed by atoms with Crippen LogP contribution >= 0.6 is 11.8 Å². The average Bonchev–Trinajstić information content (AvgIpc) is 2.83. The van der Waals surface area contributed by atoms with E-state index in [1.807, 2.05) is 30.5 Å². The van der Waals surface area contributed by atoms with Crippen molar-refractivity contribution in [3.63, 3.8) is 0 Å². The van der Waals surface area contributed by atoms with Crippen LogP contribution in [0.25, 0.3) is 10.9 Å². The van der Waals surface area contributed by atoms with Crippen LogP contribution in [-0.2, 0) is 0 Å². The zero-order valence-corrected chi connectivity index (χ0v) is 11.5. The van der Waals surface area contributed by atoms with Crippen LogP contribution < -0.4 is 5.32 Å². The Bertz CT molecular complexity index is 550. The number of benzene rings is 1. The van der Waals surface area contributed by atoms with Crippen LogP contribution in [0.15, 0.2) is 24.3 Å². The van der Waals surface area contributed by atoms with E-state index in [2.05, 4.69) is 15.5 Å². The van der Waals surface area contributed by atoms with Gasteiger partial charge in [0.05, 0.1) is 5.52 Å². The molecule has 0 radical (unpaired) electrons. The predicted molar refractivity (Wildman–Crippen MR) is 77.4 cm³/mol. The highest BCUT2D eigenvalue weighted by atomic mass is 32.2. The van der Waals surface area contributed by atoms with Gasteiger partial charge >= 0.3 is 0 Å². The van der Waals surface area contributed by atoms with Crippen LogP contribution in [0.2, 0.25) is 0 Å². The number of carbonyl (C=O) groups is 1. The summed E-state index contributed by atoms with van der Waals surface area (Å²) < 4.78 is 0. The summed E-state index contributed by atoms with van der Waals surface area (Å²) in [6.45, 7) is 0.0623. The molecule has 0 fully saturated rings. The van der Waals surface area contributed by atoms with Gasteiger partial charge in [0, 0.05) is 23.8 Å². The first-order valence-electron chi connectivity index (χ1n) is 6.10. The van der Waals surface area contributed by atoms with Gasteiger partial charge in [0.25, 0.3) is 5.91 Å². The lowest BCUT2D eigenvalue weighted by Crippen LogP contribution is -2.37. The normalized spacial score (nSPS) is 12.5. The van der Waals surface area contributed by atoms with E-state index in [-0.39, 0.29) is 18.6 Å². The number of aliphatic hydroxyl groups is 1. The highest BCUT2D eigenvalue weighted by molar-refractivity contribution is 7.98. The molecule has 1 heterocycles. The van der Waals surface area contributed by atoms with Gasteiger partial charge in [-0.1, -0.05) is 18.2 Å². The first-order chi connectivity index (χ1) is 9.26. The molecule has 1 unspecified atom stereocenters. The van der Waals surface area contributed by atoms with Gasteiger partial charge in [0.2, 0.25) is 0 Å². The lowest BCUT2D eigenvalue weighted by molar-refractivity contribution is 0.0932. The number of aromatic amines is 1. The Balaban J connectivity index is 2.14. The second-order valence-electron chi connectivity index (χ2n) is 4.26. The monoisotopic (exact) mass is 279 g/mol. The molecule has 0 aliphatic heterocycles. The minimum Gasteiger partial charge on any atom is -0.396 e. The van der Waals surface area contributed by atoms with Crippen molar-refractivity contribution in [1.29, 1.82) is 0 Å². The molecule has 5 nitrogen and oxygen atoms in total. The maximum absolute atomic E-state index is 12.2. The minimum absolute atomic E-state index is 0.0389. The molecule has 102 valence electrons. The number of carbonyl (C=O) groups excluding carboxylic acids is 1. The molecule has 19 heavy (non-hydrogen) atoms. The van der Waals surface area contributed by atoms with Gasteiger partial charge in [-0.15, -0.1) is 0 Å². The lowest BCUT2D eigenvalue weighted by Gasteiger charge is -2.15. The van der Waals surface area contributed by atoms with E-state index in [0.29, 0.717) is 12.1 Å². The van der Waals surface area contributed by atoms with E-state index in [1.54, 1.807) is 11.8 Å². The fourth-order valence-electron chi connectivity index (χ4n) is 1.94. The molecule has 0 spiro atoms. The molecular formula is C13H17N3O2S. The van der Waals surface area contributed by atoms with Gasteiger partial charge in [-0.25, -0.2) is 0 Å². The minimum atomic E-state index is -0.204. The predicted octanol–water partition coefficient (Wildman–Crippen LogP) is 1.41. The molecule has 1 aromatic carbocycles. The van der Waals surface area contributed by atoms with Crippen LogP contribution in [-0.4, -0.2) is 45.9 Å². The van der Waals surface area contributed by atoms with Crippen LogP contribution in [0.5, 0.6) is 0 Å². The molecule has 3 N–H and O–H groups in total. The number of H-pyrrole nitrogens is 1. The molecule has 0 aliphatic rings. The highest BCUT2D eigenvalue weighted by Crippen LogP contribution is 2.15. The number of aromatic nitrogens is 2. The number of aliphatic hydroxyl groups excluding tert-OH is 1. The Morgan fingerprint density at radius 3 is 3.05 bits per heavy atom. The van der Waals surface area contributed by atoms with Crippen LogP contribution in [0, 0.1) is 0 Å². The molecule has 1 amide bonds. The smallest absolute Gasteiger partial charge is 0.272 e. The van der Waals surface area contributed by atoms with Crippen molar-refractivity contribution in [3.05, 3.63) is 30.0 Å². The van der Waals surface area contributed by atoms with E-state index >= 15 is 0 Å². The fraction of sp³-hybridized carbons (Fsp3) is 0.385. The summed E-state index contributed by atoms with van der Waals surface area (Å²) >= 11 is 1.64. The van der Waals surface area contributed by atoms with E-state index in [0.717, 1.165) is 16.7 Å². The Kier molecular flexibility index (Phi) is 4.81. The Labute approximate surface area is 115 Å². The maximum atomic E-state index is 12.2. The van der Waals surface area contributed by atoms with Crippen molar-refractivity contribution < 1.29 is 9.90 Å². The molecule has 0 saturated heterocycles. The summed E-state index contributed by atoms with van der Waals surface area (Å²) in [5.41, 5.74) is 1.25. The van der Waals surface area contributed by atoms with Crippen molar-refractivity contribution in [2.24, 2.45) is 0 Å². The SMILES string of the molecule is CSCC(CCO)NC(=O)c1n[nH]c2ccccc12. The fourth-order valence-corrected chi connectivity index (χ4v) is 2.60. The van der Waals surface area contributed by atoms with E-state index < -0.39 is 0 Å². The molecule has 0 bridgehead atoms. The lowest BCUT2D eigenvalue weighted by atomic mass is 10.2. The second kappa shape index (κ2) is 6.58. The van der Waals surface area contributed by atoms with Gasteiger partial charge in [-0.2, -0.15) is 16.9 Å². The van der Waals surface area contributed by atoms with Crippen LogP contribution in [0.4, 0.5) is 0 Å². The number of thioether (sulfide) groups is 1. The number of amides is 1. The first-order valence-corrected chi connectivity index (χ1v) is 7.49. The zero-order chi connectivity index (χ0) is 13.7. The second-order valence-corrected chi connectivity index (χ2v) is 5.17. The summed E-state index contributed by atoms with van der Waals surface area (Å²) in [5, 5.41) is 19.6. The molecule has 2 aromatic rings. The first kappa shape index (κ1) is 13.9. The molecule has 0 saturated carbocycles. The summed E-state index contributed by atoms with van der Waals surface area (Å²) in [6.07, 6.45) is 2.52. The molecule has 6 heteroatoms. The third kappa shape index (κ3) is 3.27. The number of hydrogen-bond donors (Lipinski definition) is 3. The summed E-state index contributed by atoms with van der Waals surface area (Å²) in [5.74, 6) is 0.569. The highest BCUT2D eigenvalue weighted by Gasteiger charge is 2.17. The number of hydrogen-bond acceptors (Lipinski definition) is 4. The van der Waals surface area contributed by atoms with Crippen LogP contribution in [0.1, 0.15) is 16.9 Å². The van der Waals surface area contributed by atoms with Crippen molar-refractivity contribution in [3.8, 4) is 0 Å². The molecule has 1 atom stereocenters. The third-order valence-corrected chi connectivity index (χ3v) is 3.60. The van der Waals surface area contributed by atoms with Crippen molar-refractivity contribution >= 4 is 28.6 Å². The Morgan fingerprint density at radius 2 is 2.32 bits per heavy atom. The Morgan fingerprint density at radius 1 is 1.53 bits per heavy atom. The standard InChI is InChI=1S/C13H17N3O2S/c1-19-8-9(6-7-17)14-13(18)12-10-4-2-3-5-11(10)15-16-12/h2-5,9,17H,6-8H2,1H3,(H,14,18)(H,15,16). The quantitative estimate of drug-likeness (QED) is 0.747. The average molecular weight is 279 g/mol. The summed E-state index contributed by atoms with van der Waals surface area (Å²) in [6, 6.07) is 7.48. The van der Waals surface area contributed by atoms with Crippen molar-refractivity contribution in [1.82, 2.24) is 15.5 Å². The van der Waals surface area contributed by atoms with Gasteiger partial charge in [0.15, 0.2) is 5.69 Å².